The predicted molar refractivity (Wildman–Crippen MR) is 333 cm³/mol. The van der Waals surface area contributed by atoms with Gasteiger partial charge in [-0.3, -0.25) is 0 Å². The molecule has 2 saturated carbocycles. The van der Waals surface area contributed by atoms with Gasteiger partial charge in [-0.25, -0.2) is 0 Å². The number of para-hydroxylation sites is 4. The average Bonchev–Trinajstić information content (AvgIpc) is 4.52. The van der Waals surface area contributed by atoms with Gasteiger partial charge in [0.05, 0.1) is 0 Å². The molecule has 0 radical (unpaired) electrons. The zero-order chi connectivity index (χ0) is 52.7. The highest BCUT2D eigenvalue weighted by molar-refractivity contribution is 5.90. The molecule has 0 saturated heterocycles. The van der Waals surface area contributed by atoms with Crippen LogP contribution in [0.3, 0.4) is 0 Å². The molecule has 0 aromatic heterocycles. The Labute approximate surface area is 466 Å². The fourth-order valence-corrected chi connectivity index (χ4v) is 15.1. The number of anilines is 6. The van der Waals surface area contributed by atoms with Crippen LogP contribution in [0.5, 0.6) is 0 Å². The molecule has 15 rings (SSSR count). The zero-order valence-electron chi connectivity index (χ0n) is 45.3. The Hall–Kier alpha value is -8.72. The quantitative estimate of drug-likeness (QED) is 0.126. The molecule has 0 aliphatic heterocycles. The Morgan fingerprint density at radius 3 is 0.823 bits per heavy atom. The summed E-state index contributed by atoms with van der Waals surface area (Å²) in [6.07, 6.45) is 19.1. The summed E-state index contributed by atoms with van der Waals surface area (Å²) in [4.78, 5) is 4.82. The van der Waals surface area contributed by atoms with Gasteiger partial charge in [0.15, 0.2) is 0 Å². The molecule has 5 aliphatic carbocycles. The van der Waals surface area contributed by atoms with Gasteiger partial charge in [0.25, 0.3) is 0 Å². The third-order valence-electron chi connectivity index (χ3n) is 18.9. The van der Waals surface area contributed by atoms with Crippen molar-refractivity contribution in [3.05, 3.63) is 286 Å². The molecular formula is C77H64N2. The lowest BCUT2D eigenvalue weighted by Crippen LogP contribution is -2.21. The second kappa shape index (κ2) is 18.7. The lowest BCUT2D eigenvalue weighted by Gasteiger charge is -2.30. The Kier molecular flexibility index (Phi) is 11.3. The second-order valence-electron chi connectivity index (χ2n) is 23.6. The van der Waals surface area contributed by atoms with Crippen molar-refractivity contribution in [2.75, 3.05) is 9.80 Å². The molecule has 0 amide bonds. The van der Waals surface area contributed by atoms with Gasteiger partial charge >= 0.3 is 0 Å². The summed E-state index contributed by atoms with van der Waals surface area (Å²) in [5.41, 5.74) is 29.2. The van der Waals surface area contributed by atoms with E-state index < -0.39 is 0 Å². The Bertz CT molecular complexity index is 3700. The highest BCUT2D eigenvalue weighted by Gasteiger charge is 2.47. The minimum atomic E-state index is -0.133. The van der Waals surface area contributed by atoms with E-state index in [0.717, 1.165) is 0 Å². The maximum absolute atomic E-state index is 2.52. The molecular weight excluding hydrogens is 953 g/mol. The highest BCUT2D eigenvalue weighted by atomic mass is 15.1. The summed E-state index contributed by atoms with van der Waals surface area (Å²) in [5, 5.41) is 0. The van der Waals surface area contributed by atoms with E-state index in [-0.39, 0.29) is 16.2 Å². The molecule has 79 heavy (non-hydrogen) atoms. The largest absolute Gasteiger partial charge is 0.310 e. The molecule has 2 nitrogen and oxygen atoms in total. The van der Waals surface area contributed by atoms with Gasteiger partial charge in [-0.05, 0) is 187 Å². The molecule has 2 fully saturated rings. The van der Waals surface area contributed by atoms with E-state index in [9.17, 15) is 0 Å². The molecule has 0 unspecified atom stereocenters. The van der Waals surface area contributed by atoms with Crippen LogP contribution in [0, 0.1) is 0 Å². The van der Waals surface area contributed by atoms with Crippen molar-refractivity contribution in [1.82, 2.24) is 0 Å². The molecule has 10 aromatic rings. The van der Waals surface area contributed by atoms with Crippen LogP contribution >= 0.6 is 0 Å². The van der Waals surface area contributed by atoms with Crippen LogP contribution in [0.2, 0.25) is 0 Å². The summed E-state index contributed by atoms with van der Waals surface area (Å²) in [6.45, 7) is 4.82. The van der Waals surface area contributed by atoms with Crippen LogP contribution in [-0.2, 0) is 16.2 Å². The lowest BCUT2D eigenvalue weighted by molar-refractivity contribution is 0.550. The number of nitrogens with zero attached hydrogens (tertiary/aromatic N) is 2. The summed E-state index contributed by atoms with van der Waals surface area (Å²) in [7, 11) is 0. The summed E-state index contributed by atoms with van der Waals surface area (Å²) in [5.74, 6) is 0. The molecule has 2 heteroatoms. The van der Waals surface area contributed by atoms with Gasteiger partial charge in [0, 0.05) is 50.4 Å². The van der Waals surface area contributed by atoms with Crippen LogP contribution in [0.25, 0.3) is 57.7 Å². The maximum Gasteiger partial charge on any atom is 0.0465 e. The van der Waals surface area contributed by atoms with Crippen molar-refractivity contribution in [1.29, 1.82) is 0 Å². The Morgan fingerprint density at radius 2 is 0.519 bits per heavy atom. The first-order valence-corrected chi connectivity index (χ1v) is 28.9. The maximum atomic E-state index is 2.52. The molecule has 10 aromatic carbocycles. The SMILES string of the molecule is CC1(C)c2cc(/C=C/c3ccc4c(c3)C3(CCCC3)c3cc(N(c5ccccc5)c5ccccc5)ccc3-4)ccc2-c2ccc(/C=C/c3ccc4c(c3)C3(CCCC3)c3cc(N(c5ccccc5)c5ccccc5)ccc3-4)cc21. The summed E-state index contributed by atoms with van der Waals surface area (Å²) in [6, 6.07) is 86.5. The van der Waals surface area contributed by atoms with E-state index >= 15 is 0 Å². The standard InChI is InChI=1S/C77H64N2/c1-75(2)69-47-53(27-29-55-33-39-65-67-41-35-61(51-73(67)76(71(65)49-55)43-15-16-44-76)78(57-19-7-3-8-20-57)58-21-9-4-10-22-58)31-37-63(69)64-38-32-54(48-70(64)75)28-30-56-34-40-66-68-42-36-62(52-74(68)77(72(66)50-56)45-17-18-46-77)79(59-23-11-5-12-24-59)60-25-13-6-14-26-60/h3-14,19-42,47-52H,15-18,43-46H2,1-2H3/b29-27+,30-28+. The normalized spacial score (nSPS) is 16.3. The predicted octanol–water partition coefficient (Wildman–Crippen LogP) is 21.0. The van der Waals surface area contributed by atoms with E-state index in [1.807, 2.05) is 0 Å². The van der Waals surface area contributed by atoms with E-state index in [0.29, 0.717) is 0 Å². The molecule has 0 N–H and O–H groups in total. The number of hydrogen-bond acceptors (Lipinski definition) is 2. The first-order chi connectivity index (χ1) is 38.8. The second-order valence-corrected chi connectivity index (χ2v) is 23.6. The van der Waals surface area contributed by atoms with Crippen LogP contribution in [0.4, 0.5) is 34.1 Å². The fourth-order valence-electron chi connectivity index (χ4n) is 15.1. The molecule has 0 atom stereocenters. The van der Waals surface area contributed by atoms with E-state index in [1.54, 1.807) is 0 Å². The van der Waals surface area contributed by atoms with Gasteiger partial charge in [0.2, 0.25) is 0 Å². The smallest absolute Gasteiger partial charge is 0.0465 e. The molecule has 382 valence electrons. The van der Waals surface area contributed by atoms with Gasteiger partial charge in [-0.1, -0.05) is 222 Å². The first-order valence-electron chi connectivity index (χ1n) is 28.9. The number of benzene rings is 10. The molecule has 0 heterocycles. The molecule has 2 spiro atoms. The minimum absolute atomic E-state index is 0.0351. The Morgan fingerprint density at radius 1 is 0.266 bits per heavy atom. The minimum Gasteiger partial charge on any atom is -0.310 e. The fraction of sp³-hybridized carbons (Fsp3) is 0.169. The molecule has 5 aliphatic rings. The van der Waals surface area contributed by atoms with Crippen molar-refractivity contribution < 1.29 is 0 Å². The average molecular weight is 1020 g/mol. The van der Waals surface area contributed by atoms with Crippen molar-refractivity contribution in [3.63, 3.8) is 0 Å². The summed E-state index contributed by atoms with van der Waals surface area (Å²) < 4.78 is 0. The van der Waals surface area contributed by atoms with Crippen LogP contribution in [0.1, 0.15) is 121 Å². The van der Waals surface area contributed by atoms with Crippen molar-refractivity contribution in [3.8, 4) is 33.4 Å². The topological polar surface area (TPSA) is 6.48 Å². The van der Waals surface area contributed by atoms with Gasteiger partial charge < -0.3 is 9.80 Å². The molecule has 0 bridgehead atoms. The first kappa shape index (κ1) is 47.5. The zero-order valence-corrected chi connectivity index (χ0v) is 45.3. The number of rotatable bonds is 10. The summed E-state index contributed by atoms with van der Waals surface area (Å²) >= 11 is 0. The van der Waals surface area contributed by atoms with Gasteiger partial charge in [-0.15, -0.1) is 0 Å². The van der Waals surface area contributed by atoms with E-state index in [4.69, 9.17) is 0 Å². The van der Waals surface area contributed by atoms with Crippen molar-refractivity contribution >= 4 is 58.4 Å². The number of fused-ring (bicyclic) bond motifs is 13. The van der Waals surface area contributed by atoms with Crippen LogP contribution in [-0.4, -0.2) is 0 Å². The monoisotopic (exact) mass is 1020 g/mol. The third kappa shape index (κ3) is 7.74. The third-order valence-corrected chi connectivity index (χ3v) is 18.9. The van der Waals surface area contributed by atoms with Crippen LogP contribution < -0.4 is 9.80 Å². The van der Waals surface area contributed by atoms with Gasteiger partial charge in [-0.2, -0.15) is 0 Å². The van der Waals surface area contributed by atoms with Crippen LogP contribution in [0.15, 0.2) is 231 Å². The van der Waals surface area contributed by atoms with E-state index in [2.05, 4.69) is 278 Å². The van der Waals surface area contributed by atoms with E-state index in [1.165, 1.54) is 175 Å². The van der Waals surface area contributed by atoms with Crippen molar-refractivity contribution in [2.45, 2.75) is 81.5 Å². The highest BCUT2D eigenvalue weighted by Crippen LogP contribution is 2.60. The Balaban J connectivity index is 0.686. The lowest BCUT2D eigenvalue weighted by atomic mass is 9.76. The van der Waals surface area contributed by atoms with Gasteiger partial charge in [0.1, 0.15) is 0 Å². The van der Waals surface area contributed by atoms with Crippen molar-refractivity contribution in [2.24, 2.45) is 0 Å². The number of hydrogen-bond donors (Lipinski definition) is 0.